The van der Waals surface area contributed by atoms with Gasteiger partial charge >= 0.3 is 0 Å². The van der Waals surface area contributed by atoms with Crippen molar-refractivity contribution in [1.29, 1.82) is 0 Å². The van der Waals surface area contributed by atoms with E-state index in [0.717, 1.165) is 37.7 Å². The molecule has 1 fully saturated rings. The van der Waals surface area contributed by atoms with Gasteiger partial charge in [0.05, 0.1) is 6.04 Å². The Labute approximate surface area is 175 Å². The van der Waals surface area contributed by atoms with E-state index in [9.17, 15) is 9.59 Å². The molecule has 3 aromatic rings. The van der Waals surface area contributed by atoms with Crippen molar-refractivity contribution in [2.24, 2.45) is 0 Å². The number of nitrogens with two attached hydrogens (primary N) is 1. The van der Waals surface area contributed by atoms with Crippen LogP contribution >= 0.6 is 0 Å². The van der Waals surface area contributed by atoms with Crippen molar-refractivity contribution in [2.75, 3.05) is 5.73 Å². The number of carbonyl (C=O) groups excluding carboxylic acids is 1. The molecule has 0 saturated heterocycles. The minimum Gasteiger partial charge on any atom is -0.349 e. The van der Waals surface area contributed by atoms with Crippen molar-refractivity contribution in [1.82, 2.24) is 14.7 Å². The van der Waals surface area contributed by atoms with Crippen molar-refractivity contribution < 1.29 is 9.36 Å². The minimum absolute atomic E-state index is 0.00620. The first kappa shape index (κ1) is 20.3. The Morgan fingerprint density at radius 2 is 2.10 bits per heavy atom. The van der Waals surface area contributed by atoms with Crippen molar-refractivity contribution in [3.63, 3.8) is 0 Å². The second kappa shape index (κ2) is 8.05. The Morgan fingerprint density at radius 1 is 1.37 bits per heavy atom. The molecule has 3 heterocycles. The Bertz CT molecular complexity index is 1180. The number of nitrogens with zero attached hydrogens (tertiary/aromatic N) is 3. The Balaban J connectivity index is 1.94. The van der Waals surface area contributed by atoms with Gasteiger partial charge in [0.2, 0.25) is 11.5 Å². The third kappa shape index (κ3) is 3.42. The summed E-state index contributed by atoms with van der Waals surface area (Å²) in [5, 5.41) is 3.53. The second-order valence-corrected chi connectivity index (χ2v) is 8.42. The maximum absolute atomic E-state index is 13.3. The maximum atomic E-state index is 13.3. The van der Waals surface area contributed by atoms with Crippen LogP contribution in [0.5, 0.6) is 0 Å². The molecule has 4 rings (SSSR count). The average molecular weight is 409 g/mol. The van der Waals surface area contributed by atoms with E-state index in [-0.39, 0.29) is 23.6 Å². The summed E-state index contributed by atoms with van der Waals surface area (Å²) in [5.74, 6) is 0.141. The van der Waals surface area contributed by atoms with Gasteiger partial charge in [-0.2, -0.15) is 0 Å². The summed E-state index contributed by atoms with van der Waals surface area (Å²) in [6, 6.07) is 5.53. The fourth-order valence-electron chi connectivity index (χ4n) is 4.39. The van der Waals surface area contributed by atoms with E-state index in [0.29, 0.717) is 28.1 Å². The van der Waals surface area contributed by atoms with E-state index in [2.05, 4.69) is 12.2 Å². The summed E-state index contributed by atoms with van der Waals surface area (Å²) in [6.45, 7) is 6.01. The van der Waals surface area contributed by atoms with Gasteiger partial charge in [0.1, 0.15) is 10.9 Å². The number of carbonyl (C=O) groups is 1. The largest absolute Gasteiger partial charge is 0.349 e. The number of hydrogen-bond donors (Lipinski definition) is 2. The first-order valence-electron chi connectivity index (χ1n) is 10.9. The molecule has 1 saturated carbocycles. The average Bonchev–Trinajstić information content (AvgIpc) is 2.74. The maximum Gasteiger partial charge on any atom is 0.278 e. The summed E-state index contributed by atoms with van der Waals surface area (Å²) in [7, 11) is 0. The smallest absolute Gasteiger partial charge is 0.278 e. The number of amides is 1. The van der Waals surface area contributed by atoms with Gasteiger partial charge < -0.3 is 11.1 Å². The van der Waals surface area contributed by atoms with Gasteiger partial charge in [-0.3, -0.25) is 14.0 Å². The first-order valence-corrected chi connectivity index (χ1v) is 10.9. The zero-order chi connectivity index (χ0) is 21.4. The number of fused-ring (bicyclic) bond motifs is 2. The molecule has 1 amide bonds. The van der Waals surface area contributed by atoms with E-state index in [1.54, 1.807) is 12.3 Å². The van der Waals surface area contributed by atoms with Crippen LogP contribution in [-0.4, -0.2) is 21.3 Å². The fourth-order valence-corrected chi connectivity index (χ4v) is 4.39. The molecule has 0 spiro atoms. The third-order valence-electron chi connectivity index (χ3n) is 6.33. The highest BCUT2D eigenvalue weighted by atomic mass is 16.2. The van der Waals surface area contributed by atoms with Gasteiger partial charge in [0.25, 0.3) is 17.1 Å². The van der Waals surface area contributed by atoms with Crippen molar-refractivity contribution in [3.05, 3.63) is 45.9 Å². The van der Waals surface area contributed by atoms with Gasteiger partial charge in [-0.1, -0.05) is 37.2 Å². The summed E-state index contributed by atoms with van der Waals surface area (Å²) < 4.78 is 3.39. The first-order chi connectivity index (χ1) is 14.4. The summed E-state index contributed by atoms with van der Waals surface area (Å²) in [4.78, 5) is 31.3. The van der Waals surface area contributed by atoms with Crippen LogP contribution in [0.3, 0.4) is 0 Å². The highest BCUT2D eigenvalue weighted by Gasteiger charge is 2.28. The summed E-state index contributed by atoms with van der Waals surface area (Å²) in [6.07, 6.45) is 7.95. The number of hydrogen-bond acceptors (Lipinski definition) is 4. The zero-order valence-electron chi connectivity index (χ0n) is 17.9. The van der Waals surface area contributed by atoms with Gasteiger partial charge in [-0.05, 0) is 45.2 Å². The number of anilines is 1. The molecule has 1 aliphatic rings. The molecule has 1 aliphatic carbocycles. The molecule has 7 heteroatoms. The Kier molecular flexibility index (Phi) is 5.45. The molecule has 1 atom stereocenters. The normalized spacial score (nSPS) is 16.1. The van der Waals surface area contributed by atoms with E-state index < -0.39 is 0 Å². The quantitative estimate of drug-likeness (QED) is 0.512. The number of aromatic nitrogens is 3. The summed E-state index contributed by atoms with van der Waals surface area (Å²) >= 11 is 0. The van der Waals surface area contributed by atoms with Crippen molar-refractivity contribution in [3.8, 4) is 0 Å². The number of pyridine rings is 2. The van der Waals surface area contributed by atoms with Gasteiger partial charge in [-0.15, -0.1) is 0 Å². The van der Waals surface area contributed by atoms with Crippen molar-refractivity contribution in [2.45, 2.75) is 71.4 Å². The lowest BCUT2D eigenvalue weighted by Gasteiger charge is -2.23. The molecular formula is C23H30N5O2+. The third-order valence-corrected chi connectivity index (χ3v) is 6.33. The zero-order valence-corrected chi connectivity index (χ0v) is 17.9. The molecule has 7 nitrogen and oxygen atoms in total. The molecule has 158 valence electrons. The molecule has 0 radical (unpaired) electrons. The van der Waals surface area contributed by atoms with Crippen LogP contribution in [0.1, 0.15) is 74.3 Å². The lowest BCUT2D eigenvalue weighted by atomic mass is 9.95. The molecule has 0 unspecified atom stereocenters. The van der Waals surface area contributed by atoms with E-state index in [1.807, 2.05) is 30.5 Å². The lowest BCUT2D eigenvalue weighted by Crippen LogP contribution is -2.46. The SMILES string of the molecule is CC[C@@H](C)[n+]1c(N)c(C(=O)NC2CCCCC2)cc2c(=O)n3cccc(C)c3nc21. The number of nitrogens with one attached hydrogen (secondary N) is 1. The van der Waals surface area contributed by atoms with Gasteiger partial charge in [0.15, 0.2) is 0 Å². The van der Waals surface area contributed by atoms with Crippen molar-refractivity contribution >= 4 is 28.4 Å². The van der Waals surface area contributed by atoms with Crippen LogP contribution in [0.2, 0.25) is 0 Å². The van der Waals surface area contributed by atoms with Gasteiger partial charge in [0, 0.05) is 17.8 Å². The standard InChI is InChI=1S/C23H29N5O2/c1-4-15(3)28-19(24)17(22(29)25-16-10-6-5-7-11-16)13-18-21(28)26-20-14(2)9-8-12-27(20)23(18)30/h8-9,12-13,15-16,24H,4-7,10-11H2,1-3H3,(H,25,29)/p+1/t15-/m1/s1. The molecule has 0 bridgehead atoms. The van der Waals surface area contributed by atoms with Crippen LogP contribution in [0, 0.1) is 6.92 Å². The van der Waals surface area contributed by atoms with Crippen LogP contribution in [0.25, 0.3) is 16.7 Å². The van der Waals surface area contributed by atoms with E-state index in [4.69, 9.17) is 10.7 Å². The highest BCUT2D eigenvalue weighted by molar-refractivity contribution is 6.00. The highest BCUT2D eigenvalue weighted by Crippen LogP contribution is 2.21. The number of rotatable bonds is 4. The molecule has 30 heavy (non-hydrogen) atoms. The number of nitrogen functional groups attached to an aromatic ring is 1. The molecular weight excluding hydrogens is 378 g/mol. The Morgan fingerprint density at radius 3 is 2.80 bits per heavy atom. The predicted molar refractivity (Wildman–Crippen MR) is 118 cm³/mol. The number of aryl methyl sites for hydroxylation is 1. The molecule has 0 aliphatic heterocycles. The van der Waals surface area contributed by atoms with E-state index >= 15 is 0 Å². The molecule has 0 aromatic carbocycles. The van der Waals surface area contributed by atoms with Gasteiger partial charge in [-0.25, -0.2) is 4.57 Å². The van der Waals surface area contributed by atoms with Crippen LogP contribution in [0.4, 0.5) is 5.82 Å². The Hall–Kier alpha value is -2.96. The van der Waals surface area contributed by atoms with E-state index in [1.165, 1.54) is 10.8 Å². The lowest BCUT2D eigenvalue weighted by molar-refractivity contribution is -0.683. The summed E-state index contributed by atoms with van der Waals surface area (Å²) in [5.41, 5.74) is 8.71. The molecule has 3 N–H and O–H groups in total. The minimum atomic E-state index is -0.216. The predicted octanol–water partition coefficient (Wildman–Crippen LogP) is 3.06. The van der Waals surface area contributed by atoms with Crippen LogP contribution in [0.15, 0.2) is 29.2 Å². The topological polar surface area (TPSA) is 93.4 Å². The molecule has 3 aromatic heterocycles. The fraction of sp³-hybridized carbons (Fsp3) is 0.478. The monoisotopic (exact) mass is 408 g/mol. The van der Waals surface area contributed by atoms with Crippen LogP contribution < -0.4 is 21.2 Å². The van der Waals surface area contributed by atoms with Crippen LogP contribution in [-0.2, 0) is 0 Å². The second-order valence-electron chi connectivity index (χ2n) is 8.42.